The van der Waals surface area contributed by atoms with Gasteiger partial charge in [-0.3, -0.25) is 0 Å². The third-order valence-electron chi connectivity index (χ3n) is 5.52. The number of hydrogen-bond donors (Lipinski definition) is 1. The van der Waals surface area contributed by atoms with Crippen LogP contribution in [0, 0.1) is 5.92 Å². The lowest BCUT2D eigenvalue weighted by Gasteiger charge is -2.39. The Bertz CT molecular complexity index is 899. The Hall–Kier alpha value is -2.53. The maximum atomic E-state index is 12.4. The van der Waals surface area contributed by atoms with E-state index in [4.69, 9.17) is 9.47 Å². The normalized spacial score (nSPS) is 12.2. The highest BCUT2D eigenvalue weighted by Gasteiger charge is 2.41. The number of rotatable bonds is 9. The molecule has 4 nitrogen and oxygen atoms in total. The van der Waals surface area contributed by atoms with E-state index in [1.165, 1.54) is 5.56 Å². The summed E-state index contributed by atoms with van der Waals surface area (Å²) in [5.74, 6) is 1.34. The molecule has 0 aliphatic rings. The smallest absolute Gasteiger partial charge is 0.119 e. The summed E-state index contributed by atoms with van der Waals surface area (Å²) in [7, 11) is 7.36. The molecule has 1 N–H and O–H groups in total. The second kappa shape index (κ2) is 11.2. The summed E-state index contributed by atoms with van der Waals surface area (Å²) in [5.41, 5.74) is 1.56. The van der Waals surface area contributed by atoms with Crippen LogP contribution >= 0.6 is 12.4 Å². The molecule has 166 valence electrons. The van der Waals surface area contributed by atoms with Gasteiger partial charge in [-0.05, 0) is 61.5 Å². The second-order valence-corrected chi connectivity index (χ2v) is 7.88. The monoisotopic (exact) mass is 441 g/mol. The van der Waals surface area contributed by atoms with Gasteiger partial charge in [0.15, 0.2) is 0 Å². The van der Waals surface area contributed by atoms with E-state index in [-0.39, 0.29) is 18.3 Å². The van der Waals surface area contributed by atoms with Crippen molar-refractivity contribution in [1.82, 2.24) is 4.90 Å². The van der Waals surface area contributed by atoms with Gasteiger partial charge in [-0.25, -0.2) is 0 Å². The van der Waals surface area contributed by atoms with Crippen molar-refractivity contribution in [2.45, 2.75) is 12.0 Å². The number of benzene rings is 3. The minimum Gasteiger partial charge on any atom is -0.497 e. The SMILES string of the molecule is COc1cccc(C(O)(c2cccc(OC)c2)C(Cc2ccccc2)CN(C)C)c1.Cl. The molecule has 3 aromatic carbocycles. The average molecular weight is 442 g/mol. The highest BCUT2D eigenvalue weighted by molar-refractivity contribution is 5.85. The van der Waals surface area contributed by atoms with Crippen LogP contribution in [0.5, 0.6) is 11.5 Å². The molecular formula is C26H32ClNO3. The standard InChI is InChI=1S/C26H31NO3.ClH/c1-27(2)19-23(16-20-10-6-5-7-11-20)26(28,21-12-8-14-24(17-21)29-3)22-13-9-15-25(18-22)30-4;/h5-15,17-18,23,28H,16,19H2,1-4H3;1H. The van der Waals surface area contributed by atoms with Crippen LogP contribution in [0.4, 0.5) is 0 Å². The fourth-order valence-electron chi connectivity index (χ4n) is 4.04. The molecule has 3 aromatic rings. The molecule has 0 saturated heterocycles. The van der Waals surface area contributed by atoms with Crippen molar-refractivity contribution in [2.75, 3.05) is 34.9 Å². The Labute approximate surface area is 191 Å². The van der Waals surface area contributed by atoms with E-state index in [9.17, 15) is 5.11 Å². The Morgan fingerprint density at radius 3 is 1.77 bits per heavy atom. The molecule has 0 aliphatic carbocycles. The summed E-state index contributed by atoms with van der Waals surface area (Å²) in [4.78, 5) is 2.12. The van der Waals surface area contributed by atoms with Gasteiger partial charge in [0.05, 0.1) is 14.2 Å². The summed E-state index contributed by atoms with van der Waals surface area (Å²) in [6.07, 6.45) is 0.726. The molecular weight excluding hydrogens is 410 g/mol. The predicted molar refractivity (Wildman–Crippen MR) is 128 cm³/mol. The maximum Gasteiger partial charge on any atom is 0.119 e. The van der Waals surface area contributed by atoms with E-state index < -0.39 is 5.60 Å². The number of hydrogen-bond acceptors (Lipinski definition) is 4. The molecule has 0 fully saturated rings. The van der Waals surface area contributed by atoms with Crippen LogP contribution in [-0.4, -0.2) is 44.9 Å². The first-order valence-electron chi connectivity index (χ1n) is 10.2. The predicted octanol–water partition coefficient (Wildman–Crippen LogP) is 4.78. The fourth-order valence-corrected chi connectivity index (χ4v) is 4.04. The molecule has 0 saturated carbocycles. The van der Waals surface area contributed by atoms with E-state index in [0.29, 0.717) is 6.54 Å². The first-order valence-corrected chi connectivity index (χ1v) is 10.2. The van der Waals surface area contributed by atoms with Crippen molar-refractivity contribution >= 4 is 12.4 Å². The van der Waals surface area contributed by atoms with Crippen molar-refractivity contribution in [3.8, 4) is 11.5 Å². The van der Waals surface area contributed by atoms with Crippen molar-refractivity contribution in [1.29, 1.82) is 0 Å². The zero-order chi connectivity index (χ0) is 21.6. The van der Waals surface area contributed by atoms with Crippen molar-refractivity contribution in [3.05, 3.63) is 95.6 Å². The maximum absolute atomic E-state index is 12.4. The molecule has 0 heterocycles. The summed E-state index contributed by atoms with van der Waals surface area (Å²) in [6.45, 7) is 0.708. The molecule has 1 atom stereocenters. The average Bonchev–Trinajstić information content (AvgIpc) is 2.78. The lowest BCUT2D eigenvalue weighted by atomic mass is 9.73. The highest BCUT2D eigenvalue weighted by Crippen LogP contribution is 2.41. The first kappa shape index (κ1) is 24.7. The van der Waals surface area contributed by atoms with Gasteiger partial charge in [0.25, 0.3) is 0 Å². The number of aliphatic hydroxyl groups is 1. The minimum absolute atomic E-state index is 0. The van der Waals surface area contributed by atoms with Gasteiger partial charge >= 0.3 is 0 Å². The highest BCUT2D eigenvalue weighted by atomic mass is 35.5. The van der Waals surface area contributed by atoms with E-state index in [1.54, 1.807) is 14.2 Å². The number of halogens is 1. The molecule has 0 aliphatic heterocycles. The molecule has 0 spiro atoms. The van der Waals surface area contributed by atoms with E-state index in [2.05, 4.69) is 17.0 Å². The van der Waals surface area contributed by atoms with Crippen LogP contribution in [0.25, 0.3) is 0 Å². The van der Waals surface area contributed by atoms with Gasteiger partial charge in [-0.15, -0.1) is 12.4 Å². The van der Waals surface area contributed by atoms with Crippen molar-refractivity contribution < 1.29 is 14.6 Å². The lowest BCUT2D eigenvalue weighted by molar-refractivity contribution is 0.00478. The van der Waals surface area contributed by atoms with E-state index in [0.717, 1.165) is 29.0 Å². The minimum atomic E-state index is -1.23. The van der Waals surface area contributed by atoms with Gasteiger partial charge in [0.2, 0.25) is 0 Å². The molecule has 3 rings (SSSR count). The largest absolute Gasteiger partial charge is 0.497 e. The molecule has 0 bridgehead atoms. The zero-order valence-electron chi connectivity index (χ0n) is 18.6. The van der Waals surface area contributed by atoms with Crippen LogP contribution < -0.4 is 9.47 Å². The van der Waals surface area contributed by atoms with E-state index in [1.807, 2.05) is 80.8 Å². The Morgan fingerprint density at radius 1 is 0.806 bits per heavy atom. The summed E-state index contributed by atoms with van der Waals surface area (Å²) < 4.78 is 10.9. The third-order valence-corrected chi connectivity index (χ3v) is 5.52. The lowest BCUT2D eigenvalue weighted by Crippen LogP contribution is -2.43. The van der Waals surface area contributed by atoms with Crippen LogP contribution in [0.3, 0.4) is 0 Å². The quantitative estimate of drug-likeness (QED) is 0.518. The number of methoxy groups -OCH3 is 2. The van der Waals surface area contributed by atoms with Crippen molar-refractivity contribution in [2.24, 2.45) is 5.92 Å². The summed E-state index contributed by atoms with van der Waals surface area (Å²) >= 11 is 0. The zero-order valence-corrected chi connectivity index (χ0v) is 19.4. The molecule has 0 amide bonds. The molecule has 5 heteroatoms. The van der Waals surface area contributed by atoms with Gasteiger partial charge in [0.1, 0.15) is 17.1 Å². The Balaban J connectivity index is 0.00000341. The summed E-state index contributed by atoms with van der Waals surface area (Å²) in [6, 6.07) is 25.7. The molecule has 0 aromatic heterocycles. The van der Waals surface area contributed by atoms with Gasteiger partial charge in [-0.2, -0.15) is 0 Å². The Kier molecular flexibility index (Phi) is 8.93. The Morgan fingerprint density at radius 2 is 1.32 bits per heavy atom. The number of ether oxygens (including phenoxy) is 2. The topological polar surface area (TPSA) is 41.9 Å². The van der Waals surface area contributed by atoms with Crippen LogP contribution in [0.2, 0.25) is 0 Å². The van der Waals surface area contributed by atoms with Gasteiger partial charge < -0.3 is 19.5 Å². The summed E-state index contributed by atoms with van der Waals surface area (Å²) in [5, 5.41) is 12.4. The van der Waals surface area contributed by atoms with Crippen LogP contribution in [-0.2, 0) is 12.0 Å². The van der Waals surface area contributed by atoms with Crippen molar-refractivity contribution in [3.63, 3.8) is 0 Å². The molecule has 1 unspecified atom stereocenters. The molecule has 31 heavy (non-hydrogen) atoms. The van der Waals surface area contributed by atoms with Gasteiger partial charge in [-0.1, -0.05) is 54.6 Å². The first-order chi connectivity index (χ1) is 14.5. The number of nitrogens with zero attached hydrogens (tertiary/aromatic N) is 1. The van der Waals surface area contributed by atoms with E-state index >= 15 is 0 Å². The molecule has 0 radical (unpaired) electrons. The van der Waals surface area contributed by atoms with Crippen LogP contribution in [0.15, 0.2) is 78.9 Å². The fraction of sp³-hybridized carbons (Fsp3) is 0.308. The second-order valence-electron chi connectivity index (χ2n) is 7.88. The van der Waals surface area contributed by atoms with Crippen LogP contribution in [0.1, 0.15) is 16.7 Å². The third kappa shape index (κ3) is 5.79. The van der Waals surface area contributed by atoms with Gasteiger partial charge in [0, 0.05) is 12.5 Å².